The quantitative estimate of drug-likeness (QED) is 0.246. The molecule has 1 saturated carbocycles. The first-order valence-electron chi connectivity index (χ1n) is 12.7. The van der Waals surface area contributed by atoms with E-state index >= 15 is 0 Å². The van der Waals surface area contributed by atoms with Crippen LogP contribution in [0, 0.1) is 11.8 Å². The van der Waals surface area contributed by atoms with Crippen molar-refractivity contribution in [2.45, 2.75) is 30.6 Å². The zero-order chi connectivity index (χ0) is 28.4. The van der Waals surface area contributed by atoms with Crippen molar-refractivity contribution < 1.29 is 44.7 Å². The van der Waals surface area contributed by atoms with Crippen LogP contribution in [0.25, 0.3) is 5.76 Å². The number of primary amides is 1. The highest BCUT2D eigenvalue weighted by Crippen LogP contribution is 2.53. The summed E-state index contributed by atoms with van der Waals surface area (Å²) in [6, 6.07) is 1.66. The van der Waals surface area contributed by atoms with Gasteiger partial charge in [-0.2, -0.15) is 0 Å². The van der Waals surface area contributed by atoms with E-state index in [-0.39, 0.29) is 29.7 Å². The standard InChI is InChI=1S/C26H32N4O9/c1-29(2)18-13-10-12-9-11-3-4-14(28-25(37)30-5-7-39-8-6-30)19(31)15(11)20(32)16(12)22(34)26(13,38)23(35)17(21(18)33)24(27)36/h3-4,12-13,18,23,31-33,35,38H,5-10H2,1-2H3,(H2,27,36)(H,28,37)/t12-,13-,18-,23?,26-/m0/s1. The molecule has 3 amide bonds. The number of ketones is 1. The third-order valence-electron chi connectivity index (χ3n) is 8.33. The molecule has 0 spiro atoms. The van der Waals surface area contributed by atoms with Crippen molar-refractivity contribution in [1.82, 2.24) is 9.80 Å². The predicted octanol–water partition coefficient (Wildman–Crippen LogP) is -0.380. The van der Waals surface area contributed by atoms with Gasteiger partial charge in [0.2, 0.25) is 0 Å². The van der Waals surface area contributed by atoms with Gasteiger partial charge in [-0.1, -0.05) is 6.07 Å². The molecule has 1 aromatic carbocycles. The van der Waals surface area contributed by atoms with E-state index in [2.05, 4.69) is 5.32 Å². The van der Waals surface area contributed by atoms with Gasteiger partial charge in [0.05, 0.1) is 36.1 Å². The number of aromatic hydroxyl groups is 1. The largest absolute Gasteiger partial charge is 0.510 e. The summed E-state index contributed by atoms with van der Waals surface area (Å²) in [5.74, 6) is -5.45. The lowest BCUT2D eigenvalue weighted by Crippen LogP contribution is -2.68. The average molecular weight is 545 g/mol. The van der Waals surface area contributed by atoms with Crippen LogP contribution in [0.1, 0.15) is 17.5 Å². The number of phenolic OH excluding ortho intramolecular Hbond substituents is 1. The molecular formula is C26H32N4O9. The van der Waals surface area contributed by atoms with E-state index in [1.807, 2.05) is 0 Å². The molecule has 39 heavy (non-hydrogen) atoms. The van der Waals surface area contributed by atoms with E-state index in [4.69, 9.17) is 10.5 Å². The first-order chi connectivity index (χ1) is 18.4. The number of nitrogens with one attached hydrogen (secondary N) is 1. The van der Waals surface area contributed by atoms with Gasteiger partial charge in [0.15, 0.2) is 11.4 Å². The minimum Gasteiger partial charge on any atom is -0.510 e. The zero-order valence-electron chi connectivity index (χ0n) is 21.5. The number of nitrogens with two attached hydrogens (primary N) is 1. The van der Waals surface area contributed by atoms with E-state index in [1.165, 1.54) is 15.9 Å². The molecule has 0 radical (unpaired) electrons. The summed E-state index contributed by atoms with van der Waals surface area (Å²) < 4.78 is 5.25. The Balaban J connectivity index is 1.56. The summed E-state index contributed by atoms with van der Waals surface area (Å²) in [5, 5.41) is 58.5. The summed E-state index contributed by atoms with van der Waals surface area (Å²) in [5.41, 5.74) is 2.38. The molecule has 5 rings (SSSR count). The summed E-state index contributed by atoms with van der Waals surface area (Å²) in [7, 11) is 3.18. The molecule has 8 N–H and O–H groups in total. The van der Waals surface area contributed by atoms with Crippen LogP contribution in [-0.2, 0) is 20.7 Å². The summed E-state index contributed by atoms with van der Waals surface area (Å²) in [4.78, 5) is 41.7. The van der Waals surface area contributed by atoms with Gasteiger partial charge in [-0.3, -0.25) is 14.5 Å². The number of anilines is 1. The van der Waals surface area contributed by atoms with Crippen molar-refractivity contribution in [1.29, 1.82) is 0 Å². The Labute approximate surface area is 223 Å². The number of aliphatic hydroxyl groups excluding tert-OH is 3. The predicted molar refractivity (Wildman–Crippen MR) is 137 cm³/mol. The Bertz CT molecular complexity index is 1320. The van der Waals surface area contributed by atoms with Crippen LogP contribution in [0.15, 0.2) is 29.0 Å². The van der Waals surface area contributed by atoms with Gasteiger partial charge in [-0.15, -0.1) is 0 Å². The first-order valence-corrected chi connectivity index (χ1v) is 12.7. The average Bonchev–Trinajstić information content (AvgIpc) is 2.88. The number of carbonyl (C=O) groups is 3. The Morgan fingerprint density at radius 1 is 1.18 bits per heavy atom. The van der Waals surface area contributed by atoms with Crippen molar-refractivity contribution in [3.8, 4) is 5.75 Å². The Morgan fingerprint density at radius 3 is 2.46 bits per heavy atom. The number of urea groups is 1. The van der Waals surface area contributed by atoms with E-state index in [0.29, 0.717) is 31.9 Å². The molecule has 1 aromatic rings. The number of aliphatic hydroxyl groups is 4. The van der Waals surface area contributed by atoms with Crippen LogP contribution in [0.5, 0.6) is 5.75 Å². The molecule has 2 fully saturated rings. The fourth-order valence-electron chi connectivity index (χ4n) is 6.46. The number of fused-ring (bicyclic) bond motifs is 3. The third-order valence-corrected chi connectivity index (χ3v) is 8.33. The lowest BCUT2D eigenvalue weighted by molar-refractivity contribution is -0.170. The molecule has 4 aliphatic rings. The molecule has 1 saturated heterocycles. The lowest BCUT2D eigenvalue weighted by Gasteiger charge is -2.53. The maximum Gasteiger partial charge on any atom is 0.322 e. The van der Waals surface area contributed by atoms with Crippen molar-refractivity contribution in [2.75, 3.05) is 45.7 Å². The van der Waals surface area contributed by atoms with Gasteiger partial charge >= 0.3 is 6.03 Å². The van der Waals surface area contributed by atoms with E-state index < -0.39 is 70.1 Å². The van der Waals surface area contributed by atoms with Crippen LogP contribution in [0.4, 0.5) is 10.5 Å². The third kappa shape index (κ3) is 3.95. The second-order valence-electron chi connectivity index (χ2n) is 10.7. The number of hydrogen-bond donors (Lipinski definition) is 7. The maximum atomic E-state index is 13.9. The Morgan fingerprint density at radius 2 is 1.85 bits per heavy atom. The monoisotopic (exact) mass is 544 g/mol. The van der Waals surface area contributed by atoms with Crippen LogP contribution in [-0.4, -0.2) is 111 Å². The smallest absolute Gasteiger partial charge is 0.322 e. The summed E-state index contributed by atoms with van der Waals surface area (Å²) in [6.45, 7) is 1.51. The molecule has 5 atom stereocenters. The number of nitrogens with zero attached hydrogens (tertiary/aromatic N) is 2. The number of Topliss-reactive ketones (excluding diaryl/α,β-unsaturated/α-hetero) is 1. The topological polar surface area (TPSA) is 206 Å². The SMILES string of the molecule is CN(C)[C@@H]1C(O)=C(C(N)=O)C(O)[C@@]2(O)C(=O)C3=C(O)c4c(ccc(NC(=O)N5CCOCC5)c4O)C[C@H]3C[C@@H]12. The number of hydrogen-bond acceptors (Lipinski definition) is 10. The molecule has 13 heteroatoms. The molecule has 1 unspecified atom stereocenters. The van der Waals surface area contributed by atoms with Gasteiger partial charge < -0.3 is 46.2 Å². The lowest BCUT2D eigenvalue weighted by atomic mass is 9.56. The molecule has 0 bridgehead atoms. The zero-order valence-corrected chi connectivity index (χ0v) is 21.5. The molecule has 13 nitrogen and oxygen atoms in total. The highest BCUT2D eigenvalue weighted by Gasteiger charge is 2.64. The van der Waals surface area contributed by atoms with Crippen LogP contribution < -0.4 is 11.1 Å². The second-order valence-corrected chi connectivity index (χ2v) is 10.7. The number of phenols is 1. The van der Waals surface area contributed by atoms with E-state index in [9.17, 15) is 39.9 Å². The molecule has 210 valence electrons. The van der Waals surface area contributed by atoms with Crippen LogP contribution >= 0.6 is 0 Å². The van der Waals surface area contributed by atoms with Gasteiger partial charge in [-0.05, 0) is 44.5 Å². The number of ether oxygens (including phenoxy) is 1. The first kappa shape index (κ1) is 26.9. The van der Waals surface area contributed by atoms with Gasteiger partial charge in [0.25, 0.3) is 5.91 Å². The maximum absolute atomic E-state index is 13.9. The minimum atomic E-state index is -2.58. The number of carbonyl (C=O) groups excluding carboxylic acids is 3. The molecule has 1 aliphatic heterocycles. The second kappa shape index (κ2) is 9.52. The molecule has 0 aromatic heterocycles. The molecule has 3 aliphatic carbocycles. The normalized spacial score (nSPS) is 30.6. The number of rotatable bonds is 3. The summed E-state index contributed by atoms with van der Waals surface area (Å²) >= 11 is 0. The van der Waals surface area contributed by atoms with Crippen LogP contribution in [0.3, 0.4) is 0 Å². The van der Waals surface area contributed by atoms with Crippen LogP contribution in [0.2, 0.25) is 0 Å². The Hall–Kier alpha value is -3.65. The number of benzene rings is 1. The van der Waals surface area contributed by atoms with Gasteiger partial charge in [0, 0.05) is 24.6 Å². The van der Waals surface area contributed by atoms with Crippen molar-refractivity contribution in [2.24, 2.45) is 17.6 Å². The minimum absolute atomic E-state index is 0.0185. The fourth-order valence-corrected chi connectivity index (χ4v) is 6.46. The van der Waals surface area contributed by atoms with Crippen molar-refractivity contribution >= 4 is 29.2 Å². The van der Waals surface area contributed by atoms with Crippen molar-refractivity contribution in [3.05, 3.63) is 40.2 Å². The van der Waals surface area contributed by atoms with Crippen molar-refractivity contribution in [3.63, 3.8) is 0 Å². The molecule has 1 heterocycles. The van der Waals surface area contributed by atoms with Gasteiger partial charge in [0.1, 0.15) is 23.4 Å². The number of likely N-dealkylation sites (N-methyl/N-ethyl adjacent to an activating group) is 1. The highest BCUT2D eigenvalue weighted by atomic mass is 16.5. The Kier molecular flexibility index (Phi) is 6.58. The number of morpholine rings is 1. The van der Waals surface area contributed by atoms with E-state index in [0.717, 1.165) is 0 Å². The number of amides is 3. The summed E-state index contributed by atoms with van der Waals surface area (Å²) in [6.07, 6.45) is -1.88. The highest BCUT2D eigenvalue weighted by molar-refractivity contribution is 6.11. The fraction of sp³-hybridized carbons (Fsp3) is 0.500. The van der Waals surface area contributed by atoms with Gasteiger partial charge in [-0.25, -0.2) is 4.79 Å². The van der Waals surface area contributed by atoms with E-state index in [1.54, 1.807) is 20.2 Å². The molecular weight excluding hydrogens is 512 g/mol.